The molecule has 0 N–H and O–H groups in total. The van der Waals surface area contributed by atoms with E-state index in [-0.39, 0.29) is 24.2 Å². The van der Waals surface area contributed by atoms with Crippen molar-refractivity contribution in [3.8, 4) is 5.75 Å². The molecule has 1 aromatic carbocycles. The Kier molecular flexibility index (Phi) is 3.13. The lowest BCUT2D eigenvalue weighted by atomic mass is 9.94. The molecule has 1 heterocycles. The van der Waals surface area contributed by atoms with Crippen LogP contribution in [-0.4, -0.2) is 30.7 Å². The molecule has 1 atom stereocenters. The number of hydrogen-bond acceptors (Lipinski definition) is 3. The highest BCUT2D eigenvalue weighted by Gasteiger charge is 2.32. The van der Waals surface area contributed by atoms with Crippen LogP contribution in [0.1, 0.15) is 24.4 Å². The fourth-order valence-corrected chi connectivity index (χ4v) is 2.15. The highest BCUT2D eigenvalue weighted by molar-refractivity contribution is 6.00. The summed E-state index contributed by atoms with van der Waals surface area (Å²) in [6, 6.07) is 7.28. The number of Topliss-reactive ketones (excluding diaryl/α,β-unsaturated/α-hetero) is 1. The molecule has 1 aliphatic heterocycles. The maximum Gasteiger partial charge on any atom is 0.230 e. The third-order valence-corrected chi connectivity index (χ3v) is 3.13. The van der Waals surface area contributed by atoms with Crippen LogP contribution in [0.4, 0.5) is 0 Å². The Bertz CT molecular complexity index is 456. The van der Waals surface area contributed by atoms with Crippen molar-refractivity contribution in [1.82, 2.24) is 4.90 Å². The number of amides is 1. The second-order valence-electron chi connectivity index (χ2n) is 4.18. The van der Waals surface area contributed by atoms with Crippen LogP contribution in [0.2, 0.25) is 0 Å². The minimum atomic E-state index is -0.208. The number of carbonyl (C=O) groups is 2. The molecule has 1 aliphatic rings. The molecule has 1 aromatic rings. The summed E-state index contributed by atoms with van der Waals surface area (Å²) in [7, 11) is 3.32. The summed E-state index contributed by atoms with van der Waals surface area (Å²) in [5, 5.41) is 0. The predicted molar refractivity (Wildman–Crippen MR) is 62.7 cm³/mol. The van der Waals surface area contributed by atoms with Crippen LogP contribution < -0.4 is 4.74 Å². The van der Waals surface area contributed by atoms with E-state index in [1.807, 2.05) is 24.3 Å². The largest absolute Gasteiger partial charge is 0.496 e. The van der Waals surface area contributed by atoms with Crippen molar-refractivity contribution in [3.63, 3.8) is 0 Å². The Morgan fingerprint density at radius 1 is 1.29 bits per heavy atom. The number of ether oxygens (including phenoxy) is 1. The fraction of sp³-hybridized carbons (Fsp3) is 0.385. The lowest BCUT2D eigenvalue weighted by Crippen LogP contribution is -2.38. The molecule has 0 radical (unpaired) electrons. The van der Waals surface area contributed by atoms with Crippen LogP contribution in [-0.2, 0) is 9.59 Å². The van der Waals surface area contributed by atoms with Gasteiger partial charge in [0.15, 0.2) is 0 Å². The third kappa shape index (κ3) is 2.16. The zero-order valence-electron chi connectivity index (χ0n) is 9.97. The number of ketones is 1. The van der Waals surface area contributed by atoms with Gasteiger partial charge in [-0.2, -0.15) is 0 Å². The molecular formula is C13H15NO3. The lowest BCUT2D eigenvalue weighted by molar-refractivity contribution is -0.141. The average Bonchev–Trinajstić information content (AvgIpc) is 2.33. The summed E-state index contributed by atoms with van der Waals surface area (Å²) >= 11 is 0. The van der Waals surface area contributed by atoms with Crippen LogP contribution in [0, 0.1) is 0 Å². The van der Waals surface area contributed by atoms with Gasteiger partial charge in [0, 0.05) is 19.0 Å². The number of benzene rings is 1. The van der Waals surface area contributed by atoms with E-state index in [0.717, 1.165) is 5.56 Å². The molecule has 4 nitrogen and oxygen atoms in total. The first-order chi connectivity index (χ1) is 8.13. The van der Waals surface area contributed by atoms with Gasteiger partial charge in [-0.15, -0.1) is 0 Å². The Morgan fingerprint density at radius 3 is 2.71 bits per heavy atom. The smallest absolute Gasteiger partial charge is 0.230 e. The van der Waals surface area contributed by atoms with Crippen molar-refractivity contribution >= 4 is 11.7 Å². The number of nitrogens with zero attached hydrogens (tertiary/aromatic N) is 1. The van der Waals surface area contributed by atoms with Gasteiger partial charge in [-0.3, -0.25) is 9.59 Å². The lowest BCUT2D eigenvalue weighted by Gasteiger charge is -2.32. The van der Waals surface area contributed by atoms with Crippen LogP contribution in [0.25, 0.3) is 0 Å². The fourth-order valence-electron chi connectivity index (χ4n) is 2.15. The Morgan fingerprint density at radius 2 is 2.00 bits per heavy atom. The minimum absolute atomic E-state index is 0.0102. The van der Waals surface area contributed by atoms with Crippen LogP contribution in [0.15, 0.2) is 24.3 Å². The molecule has 1 unspecified atom stereocenters. The molecule has 2 rings (SSSR count). The van der Waals surface area contributed by atoms with Crippen LogP contribution >= 0.6 is 0 Å². The van der Waals surface area contributed by atoms with Gasteiger partial charge < -0.3 is 9.64 Å². The molecule has 1 fully saturated rings. The van der Waals surface area contributed by atoms with Crippen LogP contribution in [0.3, 0.4) is 0 Å². The monoisotopic (exact) mass is 233 g/mol. The first-order valence-corrected chi connectivity index (χ1v) is 5.53. The van der Waals surface area contributed by atoms with Gasteiger partial charge in [-0.1, -0.05) is 18.2 Å². The summed E-state index contributed by atoms with van der Waals surface area (Å²) in [6.45, 7) is 0. The molecule has 1 amide bonds. The first-order valence-electron chi connectivity index (χ1n) is 5.53. The van der Waals surface area contributed by atoms with E-state index < -0.39 is 0 Å². The second-order valence-corrected chi connectivity index (χ2v) is 4.18. The Hall–Kier alpha value is -1.84. The van der Waals surface area contributed by atoms with Gasteiger partial charge in [0.1, 0.15) is 11.5 Å². The molecule has 90 valence electrons. The van der Waals surface area contributed by atoms with E-state index in [0.29, 0.717) is 12.2 Å². The molecule has 1 saturated heterocycles. The number of hydrogen-bond donors (Lipinski definition) is 0. The van der Waals surface area contributed by atoms with Gasteiger partial charge in [0.2, 0.25) is 5.91 Å². The average molecular weight is 233 g/mol. The second kappa shape index (κ2) is 4.57. The predicted octanol–water partition coefficient (Wildman–Crippen LogP) is 1.56. The standard InChI is InChI=1S/C13H15NO3/c1-14-11(7-9(15)8-13(14)16)10-5-3-4-6-12(10)17-2/h3-6,11H,7-8H2,1-2H3. The van der Waals surface area contributed by atoms with Crippen molar-refractivity contribution in [1.29, 1.82) is 0 Å². The van der Waals surface area contributed by atoms with E-state index >= 15 is 0 Å². The van der Waals surface area contributed by atoms with Gasteiger partial charge in [0.25, 0.3) is 0 Å². The third-order valence-electron chi connectivity index (χ3n) is 3.13. The number of carbonyl (C=O) groups excluding carboxylic acids is 2. The van der Waals surface area contributed by atoms with E-state index in [1.165, 1.54) is 0 Å². The molecule has 0 spiro atoms. The molecule has 0 saturated carbocycles. The summed E-state index contributed by atoms with van der Waals surface area (Å²) in [6.07, 6.45) is 0.380. The van der Waals surface area contributed by atoms with Gasteiger partial charge in [-0.05, 0) is 6.07 Å². The van der Waals surface area contributed by atoms with E-state index in [9.17, 15) is 9.59 Å². The molecule has 4 heteroatoms. The zero-order chi connectivity index (χ0) is 12.4. The topological polar surface area (TPSA) is 46.6 Å². The molecule has 0 bridgehead atoms. The number of methoxy groups -OCH3 is 1. The number of likely N-dealkylation sites (tertiary alicyclic amines) is 1. The molecule has 0 aromatic heterocycles. The summed E-state index contributed by atoms with van der Waals surface area (Å²) < 4.78 is 5.27. The molecular weight excluding hydrogens is 218 g/mol. The highest BCUT2D eigenvalue weighted by atomic mass is 16.5. The maximum atomic E-state index is 11.7. The van der Waals surface area contributed by atoms with Crippen LogP contribution in [0.5, 0.6) is 5.75 Å². The Balaban J connectivity index is 2.37. The number of para-hydroxylation sites is 1. The molecule has 17 heavy (non-hydrogen) atoms. The van der Waals surface area contributed by atoms with Gasteiger partial charge >= 0.3 is 0 Å². The van der Waals surface area contributed by atoms with E-state index in [4.69, 9.17) is 4.74 Å². The highest BCUT2D eigenvalue weighted by Crippen LogP contribution is 2.34. The number of piperidine rings is 1. The maximum absolute atomic E-state index is 11.7. The summed E-state index contributed by atoms with van der Waals surface area (Å²) in [5.74, 6) is 0.577. The minimum Gasteiger partial charge on any atom is -0.496 e. The van der Waals surface area contributed by atoms with Crippen molar-refractivity contribution in [2.24, 2.45) is 0 Å². The van der Waals surface area contributed by atoms with Gasteiger partial charge in [-0.25, -0.2) is 0 Å². The normalized spacial score (nSPS) is 20.6. The van der Waals surface area contributed by atoms with Gasteiger partial charge in [0.05, 0.1) is 19.6 Å². The number of rotatable bonds is 2. The SMILES string of the molecule is COc1ccccc1C1CC(=O)CC(=O)N1C. The van der Waals surface area contributed by atoms with Crippen molar-refractivity contribution in [2.45, 2.75) is 18.9 Å². The van der Waals surface area contributed by atoms with E-state index in [1.54, 1.807) is 19.1 Å². The summed E-state index contributed by atoms with van der Waals surface area (Å²) in [4.78, 5) is 24.8. The zero-order valence-corrected chi connectivity index (χ0v) is 9.97. The van der Waals surface area contributed by atoms with Crippen molar-refractivity contribution < 1.29 is 14.3 Å². The summed E-state index contributed by atoms with van der Waals surface area (Å²) in [5.41, 5.74) is 0.888. The van der Waals surface area contributed by atoms with E-state index in [2.05, 4.69) is 0 Å². The van der Waals surface area contributed by atoms with Crippen molar-refractivity contribution in [2.75, 3.05) is 14.2 Å². The first kappa shape index (κ1) is 11.6. The quantitative estimate of drug-likeness (QED) is 0.728. The Labute approximate surface area is 100 Å². The van der Waals surface area contributed by atoms with Crippen molar-refractivity contribution in [3.05, 3.63) is 29.8 Å². The molecule has 0 aliphatic carbocycles.